The van der Waals surface area contributed by atoms with E-state index in [-0.39, 0.29) is 12.1 Å². The Morgan fingerprint density at radius 2 is 2.00 bits per heavy atom. The van der Waals surface area contributed by atoms with Gasteiger partial charge in [-0.1, -0.05) is 25.3 Å². The number of aliphatic hydroxyl groups is 1. The van der Waals surface area contributed by atoms with Crippen molar-refractivity contribution in [3.05, 3.63) is 23.8 Å². The predicted octanol–water partition coefficient (Wildman–Crippen LogP) is 2.68. The van der Waals surface area contributed by atoms with E-state index in [9.17, 15) is 5.11 Å². The first-order valence-corrected chi connectivity index (χ1v) is 6.47. The van der Waals surface area contributed by atoms with E-state index in [0.29, 0.717) is 0 Å². The summed E-state index contributed by atoms with van der Waals surface area (Å²) < 4.78 is 0. The van der Waals surface area contributed by atoms with E-state index in [4.69, 9.17) is 5.73 Å². The quantitative estimate of drug-likeness (QED) is 0.544. The molecule has 94 valence electrons. The van der Waals surface area contributed by atoms with E-state index >= 15 is 0 Å². The summed E-state index contributed by atoms with van der Waals surface area (Å²) in [6.45, 7) is 2.05. The third kappa shape index (κ3) is 3.13. The molecule has 0 saturated heterocycles. The Kier molecular flexibility index (Phi) is 3.89. The lowest BCUT2D eigenvalue weighted by Gasteiger charge is -2.24. The Bertz CT molecular complexity index is 378. The third-order valence-corrected chi connectivity index (χ3v) is 3.53. The molecule has 0 amide bonds. The standard InChI is InChI=1S/C14H22N2O/c1-10-7-8-11(15)13(9-10)16-12-5-3-2-4-6-14(12)17/h7-9,12,14,16-17H,2-6,15H2,1H3. The number of aliphatic hydroxyl groups excluding tert-OH is 1. The second kappa shape index (κ2) is 5.41. The van der Waals surface area contributed by atoms with Crippen LogP contribution in [0.5, 0.6) is 0 Å². The van der Waals surface area contributed by atoms with Crippen LogP contribution < -0.4 is 11.1 Å². The van der Waals surface area contributed by atoms with Crippen LogP contribution in [0, 0.1) is 6.92 Å². The van der Waals surface area contributed by atoms with Gasteiger partial charge in [-0.3, -0.25) is 0 Å². The summed E-state index contributed by atoms with van der Waals surface area (Å²) in [6.07, 6.45) is 5.19. The first kappa shape index (κ1) is 12.2. The highest BCUT2D eigenvalue weighted by Crippen LogP contribution is 2.25. The van der Waals surface area contributed by atoms with E-state index in [1.165, 1.54) is 18.4 Å². The Labute approximate surface area is 103 Å². The molecule has 0 aromatic heterocycles. The predicted molar refractivity (Wildman–Crippen MR) is 72.1 cm³/mol. The van der Waals surface area contributed by atoms with Crippen molar-refractivity contribution < 1.29 is 5.11 Å². The average molecular weight is 234 g/mol. The second-order valence-electron chi connectivity index (χ2n) is 5.05. The number of aryl methyl sites for hydroxylation is 1. The smallest absolute Gasteiger partial charge is 0.0741 e. The summed E-state index contributed by atoms with van der Waals surface area (Å²) in [4.78, 5) is 0. The molecule has 1 aliphatic rings. The summed E-state index contributed by atoms with van der Waals surface area (Å²) in [5, 5.41) is 13.5. The zero-order chi connectivity index (χ0) is 12.3. The summed E-state index contributed by atoms with van der Waals surface area (Å²) >= 11 is 0. The molecule has 17 heavy (non-hydrogen) atoms. The van der Waals surface area contributed by atoms with Gasteiger partial charge < -0.3 is 16.2 Å². The number of benzene rings is 1. The second-order valence-corrected chi connectivity index (χ2v) is 5.05. The molecule has 1 fully saturated rings. The lowest BCUT2D eigenvalue weighted by Crippen LogP contribution is -2.32. The van der Waals surface area contributed by atoms with Crippen molar-refractivity contribution in [1.29, 1.82) is 0 Å². The molecule has 3 heteroatoms. The third-order valence-electron chi connectivity index (χ3n) is 3.53. The van der Waals surface area contributed by atoms with Crippen LogP contribution in [0.25, 0.3) is 0 Å². The monoisotopic (exact) mass is 234 g/mol. The molecule has 1 aromatic carbocycles. The lowest BCUT2D eigenvalue weighted by molar-refractivity contribution is 0.144. The molecule has 1 aliphatic carbocycles. The Balaban J connectivity index is 2.10. The van der Waals surface area contributed by atoms with Crippen molar-refractivity contribution in [2.45, 2.75) is 51.2 Å². The average Bonchev–Trinajstić information content (AvgIpc) is 2.50. The van der Waals surface area contributed by atoms with Gasteiger partial charge in [0, 0.05) is 0 Å². The van der Waals surface area contributed by atoms with Gasteiger partial charge in [-0.15, -0.1) is 0 Å². The zero-order valence-corrected chi connectivity index (χ0v) is 10.4. The van der Waals surface area contributed by atoms with E-state index < -0.39 is 0 Å². The van der Waals surface area contributed by atoms with Gasteiger partial charge in [0.15, 0.2) is 0 Å². The maximum atomic E-state index is 10.1. The molecular weight excluding hydrogens is 212 g/mol. The van der Waals surface area contributed by atoms with Gasteiger partial charge in [-0.05, 0) is 37.5 Å². The maximum Gasteiger partial charge on any atom is 0.0741 e. The number of nitrogens with two attached hydrogens (primary N) is 1. The van der Waals surface area contributed by atoms with Crippen molar-refractivity contribution in [1.82, 2.24) is 0 Å². The van der Waals surface area contributed by atoms with Gasteiger partial charge in [-0.25, -0.2) is 0 Å². The van der Waals surface area contributed by atoms with Crippen LogP contribution in [0.15, 0.2) is 18.2 Å². The molecule has 2 unspecified atom stereocenters. The van der Waals surface area contributed by atoms with Gasteiger partial charge in [0.25, 0.3) is 0 Å². The first-order chi connectivity index (χ1) is 8.16. The summed E-state index contributed by atoms with van der Waals surface area (Å²) in [7, 11) is 0. The van der Waals surface area contributed by atoms with Crippen LogP contribution in [-0.2, 0) is 0 Å². The molecule has 4 N–H and O–H groups in total. The van der Waals surface area contributed by atoms with Gasteiger partial charge in [-0.2, -0.15) is 0 Å². The van der Waals surface area contributed by atoms with Gasteiger partial charge >= 0.3 is 0 Å². The molecule has 0 bridgehead atoms. The van der Waals surface area contributed by atoms with Crippen LogP contribution in [0.2, 0.25) is 0 Å². The van der Waals surface area contributed by atoms with Crippen molar-refractivity contribution in [3.63, 3.8) is 0 Å². The molecule has 1 saturated carbocycles. The zero-order valence-electron chi connectivity index (χ0n) is 10.4. The molecule has 2 atom stereocenters. The van der Waals surface area contributed by atoms with Crippen LogP contribution in [0.1, 0.15) is 37.7 Å². The van der Waals surface area contributed by atoms with E-state index in [2.05, 4.69) is 5.32 Å². The van der Waals surface area contributed by atoms with E-state index in [0.717, 1.165) is 30.6 Å². The lowest BCUT2D eigenvalue weighted by atomic mass is 10.1. The molecule has 1 aromatic rings. The highest BCUT2D eigenvalue weighted by molar-refractivity contribution is 5.67. The minimum atomic E-state index is -0.252. The van der Waals surface area contributed by atoms with Gasteiger partial charge in [0.2, 0.25) is 0 Å². The molecule has 0 spiro atoms. The normalized spacial score (nSPS) is 25.3. The summed E-state index contributed by atoms with van der Waals surface area (Å²) in [5.41, 5.74) is 8.84. The molecule has 2 rings (SSSR count). The maximum absolute atomic E-state index is 10.1. The molecule has 0 heterocycles. The number of hydrogen-bond donors (Lipinski definition) is 3. The fourth-order valence-electron chi connectivity index (χ4n) is 2.45. The van der Waals surface area contributed by atoms with Gasteiger partial charge in [0.05, 0.1) is 23.5 Å². The highest BCUT2D eigenvalue weighted by Gasteiger charge is 2.21. The van der Waals surface area contributed by atoms with Crippen LogP contribution in [-0.4, -0.2) is 17.3 Å². The Hall–Kier alpha value is -1.22. The highest BCUT2D eigenvalue weighted by atomic mass is 16.3. The van der Waals surface area contributed by atoms with Crippen molar-refractivity contribution in [2.75, 3.05) is 11.1 Å². The number of hydrogen-bond acceptors (Lipinski definition) is 3. The number of nitrogens with one attached hydrogen (secondary N) is 1. The van der Waals surface area contributed by atoms with Crippen LogP contribution >= 0.6 is 0 Å². The van der Waals surface area contributed by atoms with E-state index in [1.54, 1.807) is 0 Å². The van der Waals surface area contributed by atoms with Gasteiger partial charge in [0.1, 0.15) is 0 Å². The van der Waals surface area contributed by atoms with Crippen molar-refractivity contribution >= 4 is 11.4 Å². The van der Waals surface area contributed by atoms with E-state index in [1.807, 2.05) is 25.1 Å². The first-order valence-electron chi connectivity index (χ1n) is 6.47. The van der Waals surface area contributed by atoms with Crippen LogP contribution in [0.3, 0.4) is 0 Å². The Morgan fingerprint density at radius 3 is 2.82 bits per heavy atom. The largest absolute Gasteiger partial charge is 0.397 e. The molecule has 0 aliphatic heterocycles. The number of anilines is 2. The summed E-state index contributed by atoms with van der Waals surface area (Å²) in [6, 6.07) is 6.11. The number of nitrogen functional groups attached to an aromatic ring is 1. The van der Waals surface area contributed by atoms with Crippen molar-refractivity contribution in [3.8, 4) is 0 Å². The molecular formula is C14H22N2O. The fraction of sp³-hybridized carbons (Fsp3) is 0.571. The molecule has 3 nitrogen and oxygen atoms in total. The Morgan fingerprint density at radius 1 is 1.24 bits per heavy atom. The fourth-order valence-corrected chi connectivity index (χ4v) is 2.45. The minimum Gasteiger partial charge on any atom is -0.397 e. The topological polar surface area (TPSA) is 58.3 Å². The van der Waals surface area contributed by atoms with Crippen LogP contribution in [0.4, 0.5) is 11.4 Å². The molecule has 0 radical (unpaired) electrons. The summed E-state index contributed by atoms with van der Waals surface area (Å²) in [5.74, 6) is 0. The minimum absolute atomic E-state index is 0.140. The van der Waals surface area contributed by atoms with Crippen molar-refractivity contribution in [2.24, 2.45) is 0 Å². The number of rotatable bonds is 2. The SMILES string of the molecule is Cc1ccc(N)c(NC2CCCCCC2O)c1.